The molecule has 1 aliphatic heterocycles. The highest BCUT2D eigenvalue weighted by Gasteiger charge is 2.30. The summed E-state index contributed by atoms with van der Waals surface area (Å²) in [6.07, 6.45) is 2.37. The standard InChI is InChI=1S/C13H26N4O/c1-11(9-14)17-7-5-16(6-8-17)10-13(18)15(2)12-3-4-12/h11-12H,3-10,14H2,1-2H3. The number of likely N-dealkylation sites (N-methyl/N-ethyl adjacent to an activating group) is 1. The van der Waals surface area contributed by atoms with Crippen molar-refractivity contribution in [3.05, 3.63) is 0 Å². The lowest BCUT2D eigenvalue weighted by Crippen LogP contribution is -2.53. The maximum absolute atomic E-state index is 12.0. The van der Waals surface area contributed by atoms with Gasteiger partial charge in [0.2, 0.25) is 5.91 Å². The number of carbonyl (C=O) groups is 1. The first-order valence-electron chi connectivity index (χ1n) is 7.04. The molecule has 2 rings (SSSR count). The van der Waals surface area contributed by atoms with Crippen molar-refractivity contribution >= 4 is 5.91 Å². The normalized spacial score (nSPS) is 23.9. The Labute approximate surface area is 110 Å². The van der Waals surface area contributed by atoms with Crippen LogP contribution in [-0.2, 0) is 4.79 Å². The average Bonchev–Trinajstić information content (AvgIpc) is 3.22. The minimum absolute atomic E-state index is 0.276. The fourth-order valence-electron chi connectivity index (χ4n) is 2.48. The van der Waals surface area contributed by atoms with Gasteiger partial charge in [0.15, 0.2) is 0 Å². The summed E-state index contributed by atoms with van der Waals surface area (Å²) >= 11 is 0. The summed E-state index contributed by atoms with van der Waals surface area (Å²) in [5.41, 5.74) is 5.68. The number of carbonyl (C=O) groups excluding carboxylic acids is 1. The van der Waals surface area contributed by atoms with Gasteiger partial charge in [0.25, 0.3) is 0 Å². The molecule has 104 valence electrons. The van der Waals surface area contributed by atoms with Crippen LogP contribution in [0, 0.1) is 0 Å². The largest absolute Gasteiger partial charge is 0.342 e. The van der Waals surface area contributed by atoms with Crippen LogP contribution in [0.1, 0.15) is 19.8 Å². The molecule has 1 unspecified atom stereocenters. The van der Waals surface area contributed by atoms with E-state index in [1.165, 1.54) is 12.8 Å². The third-order valence-corrected chi connectivity index (χ3v) is 4.22. The van der Waals surface area contributed by atoms with E-state index in [9.17, 15) is 4.79 Å². The predicted octanol–water partition coefficient (Wildman–Crippen LogP) is -0.428. The summed E-state index contributed by atoms with van der Waals surface area (Å²) < 4.78 is 0. The molecular weight excluding hydrogens is 228 g/mol. The monoisotopic (exact) mass is 254 g/mol. The minimum atomic E-state index is 0.276. The Kier molecular flexibility index (Phi) is 4.59. The summed E-state index contributed by atoms with van der Waals surface area (Å²) in [4.78, 5) is 18.6. The first kappa shape index (κ1) is 13.8. The highest BCUT2D eigenvalue weighted by molar-refractivity contribution is 5.78. The van der Waals surface area contributed by atoms with E-state index in [1.54, 1.807) is 0 Å². The van der Waals surface area contributed by atoms with Crippen LogP contribution in [-0.4, -0.2) is 79.0 Å². The van der Waals surface area contributed by atoms with E-state index in [-0.39, 0.29) is 5.91 Å². The molecule has 0 spiro atoms. The quantitative estimate of drug-likeness (QED) is 0.723. The average molecular weight is 254 g/mol. The molecule has 1 amide bonds. The Morgan fingerprint density at radius 3 is 2.44 bits per heavy atom. The van der Waals surface area contributed by atoms with Gasteiger partial charge in [0.1, 0.15) is 0 Å². The molecule has 0 aromatic carbocycles. The van der Waals surface area contributed by atoms with E-state index in [0.29, 0.717) is 25.2 Å². The number of nitrogens with two attached hydrogens (primary N) is 1. The van der Waals surface area contributed by atoms with Gasteiger partial charge >= 0.3 is 0 Å². The minimum Gasteiger partial charge on any atom is -0.342 e. The van der Waals surface area contributed by atoms with Crippen molar-refractivity contribution in [1.82, 2.24) is 14.7 Å². The Balaban J connectivity index is 1.71. The maximum atomic E-state index is 12.0. The Hall–Kier alpha value is -0.650. The van der Waals surface area contributed by atoms with Crippen LogP contribution in [0.15, 0.2) is 0 Å². The van der Waals surface area contributed by atoms with E-state index >= 15 is 0 Å². The highest BCUT2D eigenvalue weighted by Crippen LogP contribution is 2.25. The topological polar surface area (TPSA) is 52.8 Å². The van der Waals surface area contributed by atoms with Gasteiger partial charge in [-0.15, -0.1) is 0 Å². The fraction of sp³-hybridized carbons (Fsp3) is 0.923. The second kappa shape index (κ2) is 5.99. The molecule has 2 N–H and O–H groups in total. The van der Waals surface area contributed by atoms with Crippen LogP contribution in [0.4, 0.5) is 0 Å². The summed E-state index contributed by atoms with van der Waals surface area (Å²) in [5, 5.41) is 0. The maximum Gasteiger partial charge on any atom is 0.236 e. The van der Waals surface area contributed by atoms with E-state index in [1.807, 2.05) is 11.9 Å². The molecule has 1 saturated carbocycles. The van der Waals surface area contributed by atoms with Gasteiger partial charge in [0.05, 0.1) is 6.54 Å². The van der Waals surface area contributed by atoms with Crippen LogP contribution in [0.3, 0.4) is 0 Å². The zero-order chi connectivity index (χ0) is 13.1. The molecule has 1 saturated heterocycles. The molecule has 1 heterocycles. The Morgan fingerprint density at radius 1 is 1.33 bits per heavy atom. The van der Waals surface area contributed by atoms with Crippen LogP contribution in [0.2, 0.25) is 0 Å². The summed E-state index contributed by atoms with van der Waals surface area (Å²) in [6, 6.07) is 0.980. The van der Waals surface area contributed by atoms with Crippen molar-refractivity contribution in [3.8, 4) is 0 Å². The van der Waals surface area contributed by atoms with Crippen molar-refractivity contribution in [3.63, 3.8) is 0 Å². The van der Waals surface area contributed by atoms with Gasteiger partial charge in [-0.3, -0.25) is 14.6 Å². The molecule has 0 bridgehead atoms. The molecule has 2 aliphatic rings. The van der Waals surface area contributed by atoms with Crippen LogP contribution in [0.25, 0.3) is 0 Å². The molecule has 0 aromatic heterocycles. The molecule has 0 radical (unpaired) electrons. The molecule has 1 aliphatic carbocycles. The van der Waals surface area contributed by atoms with Gasteiger partial charge in [-0.05, 0) is 19.8 Å². The first-order chi connectivity index (χ1) is 8.61. The number of rotatable bonds is 5. The zero-order valence-electron chi connectivity index (χ0n) is 11.6. The lowest BCUT2D eigenvalue weighted by atomic mass is 10.2. The fourth-order valence-corrected chi connectivity index (χ4v) is 2.48. The summed E-state index contributed by atoms with van der Waals surface area (Å²) in [7, 11) is 1.94. The van der Waals surface area contributed by atoms with Crippen molar-refractivity contribution in [2.24, 2.45) is 5.73 Å². The van der Waals surface area contributed by atoms with E-state index in [2.05, 4.69) is 16.7 Å². The SMILES string of the molecule is CC(CN)N1CCN(CC(=O)N(C)C2CC2)CC1. The second-order valence-electron chi connectivity index (χ2n) is 5.63. The van der Waals surface area contributed by atoms with Crippen LogP contribution >= 0.6 is 0 Å². The van der Waals surface area contributed by atoms with Crippen molar-refractivity contribution in [2.45, 2.75) is 31.8 Å². The Bertz CT molecular complexity index is 285. The van der Waals surface area contributed by atoms with Crippen LogP contribution in [0.5, 0.6) is 0 Å². The lowest BCUT2D eigenvalue weighted by molar-refractivity contribution is -0.132. The van der Waals surface area contributed by atoms with Crippen molar-refractivity contribution in [2.75, 3.05) is 46.3 Å². The Morgan fingerprint density at radius 2 is 1.94 bits per heavy atom. The van der Waals surface area contributed by atoms with E-state index in [0.717, 1.165) is 26.2 Å². The van der Waals surface area contributed by atoms with Crippen molar-refractivity contribution < 1.29 is 4.79 Å². The summed E-state index contributed by atoms with van der Waals surface area (Å²) in [5.74, 6) is 0.276. The molecule has 0 aromatic rings. The molecule has 18 heavy (non-hydrogen) atoms. The number of nitrogens with zero attached hydrogens (tertiary/aromatic N) is 3. The molecule has 1 atom stereocenters. The van der Waals surface area contributed by atoms with E-state index < -0.39 is 0 Å². The van der Waals surface area contributed by atoms with Gasteiger partial charge in [-0.25, -0.2) is 0 Å². The van der Waals surface area contributed by atoms with Gasteiger partial charge in [-0.2, -0.15) is 0 Å². The molecule has 5 nitrogen and oxygen atoms in total. The van der Waals surface area contributed by atoms with E-state index in [4.69, 9.17) is 5.73 Å². The predicted molar refractivity (Wildman–Crippen MR) is 72.3 cm³/mol. The van der Waals surface area contributed by atoms with Crippen molar-refractivity contribution in [1.29, 1.82) is 0 Å². The third-order valence-electron chi connectivity index (χ3n) is 4.22. The number of amides is 1. The highest BCUT2D eigenvalue weighted by atomic mass is 16.2. The number of hydrogen-bond acceptors (Lipinski definition) is 4. The van der Waals surface area contributed by atoms with Crippen LogP contribution < -0.4 is 5.73 Å². The van der Waals surface area contributed by atoms with Gasteiger partial charge in [-0.1, -0.05) is 0 Å². The second-order valence-corrected chi connectivity index (χ2v) is 5.63. The number of piperazine rings is 1. The molecule has 5 heteroatoms. The summed E-state index contributed by atoms with van der Waals surface area (Å²) in [6.45, 7) is 7.48. The van der Waals surface area contributed by atoms with Gasteiger partial charge in [0, 0.05) is 51.9 Å². The molecule has 2 fully saturated rings. The smallest absolute Gasteiger partial charge is 0.236 e. The van der Waals surface area contributed by atoms with Gasteiger partial charge < -0.3 is 10.6 Å². The number of hydrogen-bond donors (Lipinski definition) is 1. The molecular formula is C13H26N4O. The first-order valence-corrected chi connectivity index (χ1v) is 7.04. The third kappa shape index (κ3) is 3.43. The lowest BCUT2D eigenvalue weighted by Gasteiger charge is -2.37. The zero-order valence-corrected chi connectivity index (χ0v) is 11.6.